The number of carbonyl (C=O) groups excluding carboxylic acids is 1. The van der Waals surface area contributed by atoms with Crippen molar-refractivity contribution < 1.29 is 26.4 Å². The zero-order valence-electron chi connectivity index (χ0n) is 23.9. The number of sulfonamides is 1. The van der Waals surface area contributed by atoms with Crippen molar-refractivity contribution in [3.05, 3.63) is 102 Å². The highest BCUT2D eigenvalue weighted by Gasteiger charge is 2.33. The van der Waals surface area contributed by atoms with Gasteiger partial charge in [-0.25, -0.2) is 21.5 Å². The molecule has 0 spiro atoms. The fourth-order valence-electron chi connectivity index (χ4n) is 5.01. The smallest absolute Gasteiger partial charge is 0.309 e. The number of para-hydroxylation sites is 1. The third-order valence-electron chi connectivity index (χ3n) is 7.32. The van der Waals surface area contributed by atoms with Gasteiger partial charge in [0.05, 0.1) is 28.0 Å². The number of hydrogen-bond donors (Lipinski definition) is 0. The molecule has 44 heavy (non-hydrogen) atoms. The number of carbonyl (C=O) groups is 1. The van der Waals surface area contributed by atoms with Crippen molar-refractivity contribution >= 4 is 31.9 Å². The lowest BCUT2D eigenvalue weighted by Crippen LogP contribution is -2.40. The molecule has 0 saturated carbocycles. The van der Waals surface area contributed by atoms with Crippen LogP contribution in [0.3, 0.4) is 0 Å². The van der Waals surface area contributed by atoms with E-state index in [9.17, 15) is 26.9 Å². The van der Waals surface area contributed by atoms with Gasteiger partial charge in [-0.3, -0.25) is 4.79 Å². The maximum absolute atomic E-state index is 13.6. The predicted molar refractivity (Wildman–Crippen MR) is 164 cm³/mol. The van der Waals surface area contributed by atoms with Gasteiger partial charge in [-0.2, -0.15) is 14.7 Å². The van der Waals surface area contributed by atoms with Crippen molar-refractivity contribution in [2.45, 2.75) is 29.6 Å². The average molecular weight is 631 g/mol. The summed E-state index contributed by atoms with van der Waals surface area (Å²) in [6.45, 7) is 2.36. The zero-order valence-corrected chi connectivity index (χ0v) is 25.5. The van der Waals surface area contributed by atoms with E-state index in [1.807, 2.05) is 36.4 Å². The minimum Gasteiger partial charge on any atom is -0.466 e. The second-order valence-electron chi connectivity index (χ2n) is 10.1. The van der Waals surface area contributed by atoms with Crippen LogP contribution in [0.5, 0.6) is 0 Å². The molecule has 0 bridgehead atoms. The summed E-state index contributed by atoms with van der Waals surface area (Å²) in [5.74, 6) is -0.655. The number of allylic oxidation sites excluding steroid dienone is 1. The van der Waals surface area contributed by atoms with Crippen LogP contribution in [0.4, 0.5) is 0 Å². The molecule has 0 N–H and O–H groups in total. The van der Waals surface area contributed by atoms with Crippen LogP contribution in [0, 0.1) is 17.2 Å². The van der Waals surface area contributed by atoms with Crippen molar-refractivity contribution in [1.82, 2.24) is 14.1 Å². The van der Waals surface area contributed by atoms with E-state index in [0.29, 0.717) is 35.3 Å². The fourth-order valence-corrected chi connectivity index (χ4v) is 7.70. The van der Waals surface area contributed by atoms with Crippen molar-refractivity contribution in [1.29, 1.82) is 5.26 Å². The number of piperidine rings is 1. The van der Waals surface area contributed by atoms with Crippen LogP contribution in [-0.2, 0) is 29.4 Å². The molecule has 226 valence electrons. The molecule has 1 fully saturated rings. The van der Waals surface area contributed by atoms with Crippen LogP contribution in [0.1, 0.15) is 25.3 Å². The number of rotatable bonds is 9. The van der Waals surface area contributed by atoms with Crippen LogP contribution < -0.4 is 0 Å². The summed E-state index contributed by atoms with van der Waals surface area (Å²) in [6, 6.07) is 24.8. The van der Waals surface area contributed by atoms with Crippen LogP contribution >= 0.6 is 0 Å². The maximum Gasteiger partial charge on any atom is 0.309 e. The first kappa shape index (κ1) is 30.9. The molecular weight excluding hydrogens is 601 g/mol. The molecule has 2 heterocycles. The number of hydrogen-bond acceptors (Lipinski definition) is 8. The Balaban J connectivity index is 1.54. The van der Waals surface area contributed by atoms with Crippen LogP contribution in [0.25, 0.3) is 23.0 Å². The molecule has 0 atom stereocenters. The van der Waals surface area contributed by atoms with Gasteiger partial charge in [0, 0.05) is 30.4 Å². The van der Waals surface area contributed by atoms with Crippen molar-refractivity contribution in [2.24, 2.45) is 5.92 Å². The third kappa shape index (κ3) is 6.35. The molecule has 1 aliphatic heterocycles. The van der Waals surface area contributed by atoms with Crippen LogP contribution in [0.2, 0.25) is 0 Å². The van der Waals surface area contributed by atoms with E-state index < -0.39 is 24.8 Å². The fraction of sp³-hybridized carbons (Fsp3) is 0.219. The van der Waals surface area contributed by atoms with Gasteiger partial charge in [-0.05, 0) is 62.2 Å². The first-order valence-corrected chi connectivity index (χ1v) is 16.9. The normalized spacial score (nSPS) is 15.0. The van der Waals surface area contributed by atoms with Crippen molar-refractivity contribution in [3.63, 3.8) is 0 Å². The molecule has 3 aromatic carbocycles. The van der Waals surface area contributed by atoms with Crippen molar-refractivity contribution in [2.75, 3.05) is 19.7 Å². The second-order valence-corrected chi connectivity index (χ2v) is 14.0. The summed E-state index contributed by atoms with van der Waals surface area (Å²) in [5.41, 5.74) is 1.71. The number of ether oxygens (including phenoxy) is 1. The van der Waals surface area contributed by atoms with Crippen molar-refractivity contribution in [3.8, 4) is 23.0 Å². The molecule has 12 heteroatoms. The molecule has 1 saturated heterocycles. The summed E-state index contributed by atoms with van der Waals surface area (Å²) in [4.78, 5) is 11.7. The molecule has 0 aliphatic carbocycles. The van der Waals surface area contributed by atoms with E-state index in [-0.39, 0.29) is 41.4 Å². The highest BCUT2D eigenvalue weighted by molar-refractivity contribution is 7.95. The topological polar surface area (TPSA) is 139 Å². The van der Waals surface area contributed by atoms with E-state index >= 15 is 0 Å². The van der Waals surface area contributed by atoms with Gasteiger partial charge in [-0.15, -0.1) is 0 Å². The Bertz CT molecular complexity index is 1940. The standard InChI is InChI=1S/C32H30N4O6S2/c1-2-42-32(37)24-16-18-35(19-17-24)44(40,41)29-15-9-10-25(20-29)31-26(23-36(34-31)27-11-5-3-6-12-27)21-30(22-33)43(38,39)28-13-7-4-8-14-28/h3-15,20-21,23-24H,2,16-19H2,1H3. The van der Waals surface area contributed by atoms with Gasteiger partial charge in [-0.1, -0.05) is 48.5 Å². The first-order valence-electron chi connectivity index (χ1n) is 14.0. The Labute approximate surface area is 256 Å². The molecule has 4 aromatic rings. The maximum atomic E-state index is 13.6. The van der Waals surface area contributed by atoms with E-state index in [2.05, 4.69) is 5.10 Å². The lowest BCUT2D eigenvalue weighted by Gasteiger charge is -2.30. The van der Waals surface area contributed by atoms with Gasteiger partial charge in [0.25, 0.3) is 0 Å². The monoisotopic (exact) mass is 630 g/mol. The average Bonchev–Trinajstić information content (AvgIpc) is 3.48. The largest absolute Gasteiger partial charge is 0.466 e. The number of aromatic nitrogens is 2. The summed E-state index contributed by atoms with van der Waals surface area (Å²) in [6.07, 6.45) is 3.58. The van der Waals surface area contributed by atoms with E-state index in [4.69, 9.17) is 4.74 Å². The Morgan fingerprint density at radius 3 is 2.23 bits per heavy atom. The summed E-state index contributed by atoms with van der Waals surface area (Å²) >= 11 is 0. The molecule has 1 aromatic heterocycles. The molecule has 0 amide bonds. The lowest BCUT2D eigenvalue weighted by atomic mass is 9.98. The minimum absolute atomic E-state index is 0.0235. The van der Waals surface area contributed by atoms with E-state index in [1.165, 1.54) is 34.6 Å². The Hall–Kier alpha value is -4.57. The van der Waals surface area contributed by atoms with Gasteiger partial charge < -0.3 is 4.74 Å². The number of sulfone groups is 1. The van der Waals surface area contributed by atoms with Gasteiger partial charge >= 0.3 is 5.97 Å². The highest BCUT2D eigenvalue weighted by atomic mass is 32.2. The molecule has 1 aliphatic rings. The number of nitrogens with zero attached hydrogens (tertiary/aromatic N) is 4. The minimum atomic E-state index is -4.14. The lowest BCUT2D eigenvalue weighted by molar-refractivity contribution is -0.149. The Morgan fingerprint density at radius 2 is 1.59 bits per heavy atom. The predicted octanol–water partition coefficient (Wildman–Crippen LogP) is 4.84. The molecule has 10 nitrogen and oxygen atoms in total. The molecular formula is C32H30N4O6S2. The van der Waals surface area contributed by atoms with E-state index in [1.54, 1.807) is 48.1 Å². The second kappa shape index (κ2) is 13.0. The third-order valence-corrected chi connectivity index (χ3v) is 10.9. The summed E-state index contributed by atoms with van der Waals surface area (Å²) in [7, 11) is -8.05. The molecule has 0 radical (unpaired) electrons. The SMILES string of the molecule is CCOC(=O)C1CCN(S(=O)(=O)c2cccc(-c3nn(-c4ccccc4)cc3C=C(C#N)S(=O)(=O)c3ccccc3)c2)CC1. The quantitative estimate of drug-likeness (QED) is 0.189. The van der Waals surface area contributed by atoms with Crippen LogP contribution in [0.15, 0.2) is 106 Å². The number of benzene rings is 3. The van der Waals surface area contributed by atoms with Gasteiger partial charge in [0.15, 0.2) is 0 Å². The molecule has 5 rings (SSSR count). The summed E-state index contributed by atoms with van der Waals surface area (Å²) in [5, 5.41) is 14.6. The summed E-state index contributed by atoms with van der Waals surface area (Å²) < 4.78 is 61.9. The number of esters is 1. The van der Waals surface area contributed by atoms with Gasteiger partial charge in [0.1, 0.15) is 16.7 Å². The highest BCUT2D eigenvalue weighted by Crippen LogP contribution is 2.31. The molecule has 0 unspecified atom stereocenters. The first-order chi connectivity index (χ1) is 21.1. The Kier molecular flexibility index (Phi) is 9.10. The van der Waals surface area contributed by atoms with E-state index in [0.717, 1.165) is 0 Å². The zero-order chi connectivity index (χ0) is 31.3. The Morgan fingerprint density at radius 1 is 0.955 bits per heavy atom. The van der Waals surface area contributed by atoms with Gasteiger partial charge in [0.2, 0.25) is 19.9 Å². The van der Waals surface area contributed by atoms with Crippen LogP contribution in [-0.4, -0.2) is 56.6 Å². The number of nitriles is 1.